The molecule has 0 radical (unpaired) electrons. The van der Waals surface area contributed by atoms with Crippen molar-refractivity contribution >= 4 is 16.0 Å². The molecule has 0 unspecified atom stereocenters. The molecule has 1 atom stereocenters. The monoisotopic (exact) mass is 333 g/mol. The third kappa shape index (κ3) is 2.95. The third-order valence-electron chi connectivity index (χ3n) is 3.76. The predicted molar refractivity (Wildman–Crippen MR) is 82.0 cm³/mol. The predicted octanol–water partition coefficient (Wildman–Crippen LogP) is 1.38. The maximum atomic E-state index is 12.6. The van der Waals surface area contributed by atoms with Crippen LogP contribution in [0.2, 0.25) is 0 Å². The number of carboxylic acid groups (broad SMARTS) is 1. The molecule has 0 aliphatic carbocycles. The van der Waals surface area contributed by atoms with Crippen LogP contribution in [0.5, 0.6) is 0 Å². The summed E-state index contributed by atoms with van der Waals surface area (Å²) < 4.78 is 26.2. The minimum atomic E-state index is -3.90. The van der Waals surface area contributed by atoms with Crippen LogP contribution in [0.25, 0.3) is 11.4 Å². The summed E-state index contributed by atoms with van der Waals surface area (Å²) in [6, 6.07) is 8.17. The molecule has 0 saturated carbocycles. The van der Waals surface area contributed by atoms with E-state index in [1.165, 1.54) is 12.4 Å². The molecule has 7 nitrogen and oxygen atoms in total. The van der Waals surface area contributed by atoms with Gasteiger partial charge in [0, 0.05) is 12.1 Å². The van der Waals surface area contributed by atoms with Gasteiger partial charge in [0.1, 0.15) is 10.9 Å². The van der Waals surface area contributed by atoms with Crippen LogP contribution in [0.15, 0.2) is 47.6 Å². The van der Waals surface area contributed by atoms with Crippen LogP contribution < -0.4 is 0 Å². The van der Waals surface area contributed by atoms with Gasteiger partial charge < -0.3 is 5.11 Å². The standard InChI is InChI=1S/C15H15N3O4S/c19-15(20)13-7-4-8-18(13)23(21,22)12-9-16-14(17-10-12)11-5-2-1-3-6-11/h1-3,5-6,9-10,13H,4,7-8H2,(H,19,20)/t13-/m0/s1. The Morgan fingerprint density at radius 1 is 1.17 bits per heavy atom. The molecule has 3 rings (SSSR count). The van der Waals surface area contributed by atoms with Gasteiger partial charge in [0.15, 0.2) is 5.82 Å². The van der Waals surface area contributed by atoms with Crippen LogP contribution in [0, 0.1) is 0 Å². The van der Waals surface area contributed by atoms with Crippen LogP contribution in [0.3, 0.4) is 0 Å². The summed E-state index contributed by atoms with van der Waals surface area (Å²) in [5.41, 5.74) is 0.779. The Kier molecular flexibility index (Phi) is 4.10. The van der Waals surface area contributed by atoms with E-state index in [0.29, 0.717) is 18.7 Å². The number of hydrogen-bond acceptors (Lipinski definition) is 5. The molecule has 1 fully saturated rings. The first kappa shape index (κ1) is 15.6. The Morgan fingerprint density at radius 3 is 2.43 bits per heavy atom. The Hall–Kier alpha value is -2.32. The SMILES string of the molecule is O=C(O)[C@@H]1CCCN1S(=O)(=O)c1cnc(-c2ccccc2)nc1. The van der Waals surface area contributed by atoms with E-state index < -0.39 is 22.0 Å². The number of sulfonamides is 1. The minimum Gasteiger partial charge on any atom is -0.480 e. The molecule has 8 heteroatoms. The number of rotatable bonds is 4. The molecule has 120 valence electrons. The van der Waals surface area contributed by atoms with Crippen molar-refractivity contribution in [3.63, 3.8) is 0 Å². The van der Waals surface area contributed by atoms with Crippen molar-refractivity contribution < 1.29 is 18.3 Å². The molecule has 1 aromatic heterocycles. The Labute approximate surface area is 133 Å². The maximum absolute atomic E-state index is 12.6. The molecule has 1 aromatic carbocycles. The van der Waals surface area contributed by atoms with Gasteiger partial charge in [-0.05, 0) is 12.8 Å². The molecule has 1 aliphatic rings. The van der Waals surface area contributed by atoms with Gasteiger partial charge in [0.05, 0.1) is 12.4 Å². The van der Waals surface area contributed by atoms with Crippen molar-refractivity contribution in [2.75, 3.05) is 6.54 Å². The fraction of sp³-hybridized carbons (Fsp3) is 0.267. The lowest BCUT2D eigenvalue weighted by atomic mass is 10.2. The molecule has 0 bridgehead atoms. The highest BCUT2D eigenvalue weighted by Crippen LogP contribution is 2.26. The highest BCUT2D eigenvalue weighted by atomic mass is 32.2. The van der Waals surface area contributed by atoms with Crippen molar-refractivity contribution in [2.24, 2.45) is 0 Å². The fourth-order valence-corrected chi connectivity index (χ4v) is 4.14. The molecule has 1 saturated heterocycles. The van der Waals surface area contributed by atoms with Crippen molar-refractivity contribution in [3.05, 3.63) is 42.7 Å². The van der Waals surface area contributed by atoms with E-state index in [1.54, 1.807) is 0 Å². The third-order valence-corrected chi connectivity index (χ3v) is 5.62. The number of aromatic nitrogens is 2. The second-order valence-corrected chi connectivity index (χ2v) is 7.11. The van der Waals surface area contributed by atoms with Gasteiger partial charge in [-0.15, -0.1) is 0 Å². The number of carbonyl (C=O) groups is 1. The highest BCUT2D eigenvalue weighted by Gasteiger charge is 2.39. The smallest absolute Gasteiger partial charge is 0.322 e. The molecular formula is C15H15N3O4S. The summed E-state index contributed by atoms with van der Waals surface area (Å²) in [6.07, 6.45) is 3.29. The Bertz CT molecular complexity index is 806. The van der Waals surface area contributed by atoms with Crippen LogP contribution in [-0.2, 0) is 14.8 Å². The first-order chi connectivity index (χ1) is 11.0. The Morgan fingerprint density at radius 2 is 1.83 bits per heavy atom. The van der Waals surface area contributed by atoms with Crippen molar-refractivity contribution in [1.29, 1.82) is 0 Å². The molecule has 2 aromatic rings. The van der Waals surface area contributed by atoms with E-state index in [1.807, 2.05) is 30.3 Å². The largest absolute Gasteiger partial charge is 0.480 e. The van der Waals surface area contributed by atoms with Crippen molar-refractivity contribution in [1.82, 2.24) is 14.3 Å². The Balaban J connectivity index is 1.91. The van der Waals surface area contributed by atoms with E-state index in [-0.39, 0.29) is 11.4 Å². The average Bonchev–Trinajstić information content (AvgIpc) is 3.07. The maximum Gasteiger partial charge on any atom is 0.322 e. The fourth-order valence-electron chi connectivity index (χ4n) is 2.60. The van der Waals surface area contributed by atoms with E-state index in [9.17, 15) is 13.2 Å². The van der Waals surface area contributed by atoms with Crippen LogP contribution in [0.4, 0.5) is 0 Å². The zero-order valence-electron chi connectivity index (χ0n) is 12.2. The van der Waals surface area contributed by atoms with Crippen LogP contribution >= 0.6 is 0 Å². The highest BCUT2D eigenvalue weighted by molar-refractivity contribution is 7.89. The van der Waals surface area contributed by atoms with E-state index in [2.05, 4.69) is 9.97 Å². The van der Waals surface area contributed by atoms with Gasteiger partial charge in [0.25, 0.3) is 0 Å². The number of hydrogen-bond donors (Lipinski definition) is 1. The summed E-state index contributed by atoms with van der Waals surface area (Å²) in [6.45, 7) is 0.194. The number of carboxylic acids is 1. The molecule has 2 heterocycles. The summed E-state index contributed by atoms with van der Waals surface area (Å²) in [5, 5.41) is 9.15. The molecule has 0 spiro atoms. The van der Waals surface area contributed by atoms with Crippen LogP contribution in [-0.4, -0.2) is 46.4 Å². The normalized spacial score (nSPS) is 18.9. The van der Waals surface area contributed by atoms with E-state index in [0.717, 1.165) is 9.87 Å². The molecule has 1 N–H and O–H groups in total. The average molecular weight is 333 g/mol. The lowest BCUT2D eigenvalue weighted by Crippen LogP contribution is -2.40. The minimum absolute atomic E-state index is 0.0923. The van der Waals surface area contributed by atoms with E-state index >= 15 is 0 Å². The number of aliphatic carboxylic acids is 1. The van der Waals surface area contributed by atoms with Gasteiger partial charge >= 0.3 is 5.97 Å². The van der Waals surface area contributed by atoms with Gasteiger partial charge in [-0.2, -0.15) is 4.31 Å². The second-order valence-electron chi connectivity index (χ2n) is 5.22. The van der Waals surface area contributed by atoms with Gasteiger partial charge in [-0.3, -0.25) is 4.79 Å². The lowest BCUT2D eigenvalue weighted by molar-refractivity contribution is -0.140. The summed E-state index contributed by atoms with van der Waals surface area (Å²) in [4.78, 5) is 19.3. The topological polar surface area (TPSA) is 100 Å². The summed E-state index contributed by atoms with van der Waals surface area (Å²) >= 11 is 0. The van der Waals surface area contributed by atoms with Gasteiger partial charge in [-0.25, -0.2) is 18.4 Å². The zero-order valence-corrected chi connectivity index (χ0v) is 13.0. The molecule has 0 amide bonds. The van der Waals surface area contributed by atoms with Crippen LogP contribution in [0.1, 0.15) is 12.8 Å². The molecule has 23 heavy (non-hydrogen) atoms. The van der Waals surface area contributed by atoms with Gasteiger partial charge in [-0.1, -0.05) is 30.3 Å². The second kappa shape index (κ2) is 6.05. The lowest BCUT2D eigenvalue weighted by Gasteiger charge is -2.20. The first-order valence-electron chi connectivity index (χ1n) is 7.12. The van der Waals surface area contributed by atoms with Crippen molar-refractivity contribution in [2.45, 2.75) is 23.8 Å². The van der Waals surface area contributed by atoms with Crippen molar-refractivity contribution in [3.8, 4) is 11.4 Å². The first-order valence-corrected chi connectivity index (χ1v) is 8.56. The summed E-state index contributed by atoms with van der Waals surface area (Å²) in [5.74, 6) is -0.714. The zero-order chi connectivity index (χ0) is 16.4. The van der Waals surface area contributed by atoms with E-state index in [4.69, 9.17) is 5.11 Å². The summed E-state index contributed by atoms with van der Waals surface area (Å²) in [7, 11) is -3.90. The number of benzene rings is 1. The molecule has 1 aliphatic heterocycles. The molecular weight excluding hydrogens is 318 g/mol. The quantitative estimate of drug-likeness (QED) is 0.907. The van der Waals surface area contributed by atoms with Gasteiger partial charge in [0.2, 0.25) is 10.0 Å². The number of nitrogens with zero attached hydrogens (tertiary/aromatic N) is 3.